The summed E-state index contributed by atoms with van der Waals surface area (Å²) in [6.07, 6.45) is 0. The molecular formula is C25H25ClN2O3S2. The van der Waals surface area contributed by atoms with E-state index in [1.165, 1.54) is 4.31 Å². The van der Waals surface area contributed by atoms with Gasteiger partial charge in [0.05, 0.1) is 4.90 Å². The second kappa shape index (κ2) is 10.3. The minimum absolute atomic E-state index is 0.0701. The molecule has 5 nitrogen and oxygen atoms in total. The largest absolute Gasteiger partial charge is 0.336 e. The Kier molecular flexibility index (Phi) is 7.44. The molecule has 1 aliphatic rings. The van der Waals surface area contributed by atoms with Gasteiger partial charge in [-0.25, -0.2) is 8.42 Å². The van der Waals surface area contributed by atoms with Crippen molar-refractivity contribution in [2.45, 2.75) is 22.5 Å². The van der Waals surface area contributed by atoms with Crippen LogP contribution in [0.25, 0.3) is 0 Å². The lowest BCUT2D eigenvalue weighted by molar-refractivity contribution is 0.0698. The van der Waals surface area contributed by atoms with Crippen LogP contribution < -0.4 is 0 Å². The molecule has 3 aromatic rings. The maximum atomic E-state index is 12.9. The fraction of sp³-hybridized carbons (Fsp3) is 0.240. The van der Waals surface area contributed by atoms with Crippen molar-refractivity contribution < 1.29 is 13.2 Å². The van der Waals surface area contributed by atoms with Crippen molar-refractivity contribution in [3.8, 4) is 0 Å². The monoisotopic (exact) mass is 500 g/mol. The Balaban J connectivity index is 1.32. The zero-order valence-corrected chi connectivity index (χ0v) is 20.7. The first kappa shape index (κ1) is 23.8. The van der Waals surface area contributed by atoms with E-state index in [1.54, 1.807) is 40.9 Å². The van der Waals surface area contributed by atoms with Crippen LogP contribution in [0.5, 0.6) is 0 Å². The molecule has 1 amide bonds. The maximum Gasteiger partial charge on any atom is 0.253 e. The lowest BCUT2D eigenvalue weighted by Gasteiger charge is -2.34. The normalized spacial score (nSPS) is 14.9. The predicted octanol–water partition coefficient (Wildman–Crippen LogP) is 5.09. The van der Waals surface area contributed by atoms with Gasteiger partial charge in [-0.2, -0.15) is 4.31 Å². The third kappa shape index (κ3) is 5.79. The van der Waals surface area contributed by atoms with Gasteiger partial charge in [-0.3, -0.25) is 4.79 Å². The van der Waals surface area contributed by atoms with Crippen LogP contribution in [0.4, 0.5) is 0 Å². The number of rotatable bonds is 6. The second-order valence-corrected chi connectivity index (χ2v) is 11.4. The highest BCUT2D eigenvalue weighted by molar-refractivity contribution is 7.98. The minimum atomic E-state index is -3.54. The van der Waals surface area contributed by atoms with Crippen LogP contribution in [0.2, 0.25) is 5.02 Å². The Bertz CT molecular complexity index is 1200. The summed E-state index contributed by atoms with van der Waals surface area (Å²) < 4.78 is 27.2. The highest BCUT2D eigenvalue weighted by Gasteiger charge is 2.30. The highest BCUT2D eigenvalue weighted by atomic mass is 35.5. The number of carbonyl (C=O) groups excluding carboxylic acids is 1. The van der Waals surface area contributed by atoms with Crippen LogP contribution in [0.15, 0.2) is 82.6 Å². The highest BCUT2D eigenvalue weighted by Crippen LogP contribution is 2.25. The third-order valence-electron chi connectivity index (χ3n) is 5.60. The lowest BCUT2D eigenvalue weighted by Crippen LogP contribution is -2.50. The average Bonchev–Trinajstić information content (AvgIpc) is 2.84. The molecule has 4 rings (SSSR count). The van der Waals surface area contributed by atoms with Crippen LogP contribution in [-0.2, 0) is 15.8 Å². The fourth-order valence-electron chi connectivity index (χ4n) is 3.61. The first-order chi connectivity index (χ1) is 15.8. The molecule has 1 fully saturated rings. The van der Waals surface area contributed by atoms with Gasteiger partial charge in [0, 0.05) is 47.4 Å². The molecule has 0 bridgehead atoms. The molecule has 1 aliphatic heterocycles. The Morgan fingerprint density at radius 2 is 1.48 bits per heavy atom. The van der Waals surface area contributed by atoms with Gasteiger partial charge < -0.3 is 4.90 Å². The summed E-state index contributed by atoms with van der Waals surface area (Å²) in [7, 11) is -3.54. The summed E-state index contributed by atoms with van der Waals surface area (Å²) in [6.45, 7) is 3.25. The van der Waals surface area contributed by atoms with Gasteiger partial charge >= 0.3 is 0 Å². The van der Waals surface area contributed by atoms with Crippen LogP contribution in [0, 0.1) is 6.92 Å². The van der Waals surface area contributed by atoms with Crippen molar-refractivity contribution >= 4 is 39.3 Å². The van der Waals surface area contributed by atoms with Crippen LogP contribution in [-0.4, -0.2) is 49.7 Å². The average molecular weight is 501 g/mol. The SMILES string of the molecule is Cc1ccc(S(=O)(=O)N2CCN(C(=O)c3ccc(CSc4ccc(Cl)cc4)cc3)CC2)cc1. The molecule has 1 saturated heterocycles. The number of benzene rings is 3. The Morgan fingerprint density at radius 1 is 0.879 bits per heavy atom. The summed E-state index contributed by atoms with van der Waals surface area (Å²) in [5.41, 5.74) is 2.75. The van der Waals surface area contributed by atoms with Crippen molar-refractivity contribution in [2.24, 2.45) is 0 Å². The number of thioether (sulfide) groups is 1. The Morgan fingerprint density at radius 3 is 2.09 bits per heavy atom. The molecule has 0 atom stereocenters. The smallest absolute Gasteiger partial charge is 0.253 e. The van der Waals surface area contributed by atoms with Gasteiger partial charge in [0.15, 0.2) is 0 Å². The molecule has 172 valence electrons. The number of halogens is 1. The van der Waals surface area contributed by atoms with Crippen LogP contribution >= 0.6 is 23.4 Å². The van der Waals surface area contributed by atoms with Gasteiger partial charge in [0.2, 0.25) is 10.0 Å². The molecule has 0 radical (unpaired) electrons. The van der Waals surface area contributed by atoms with Crippen molar-refractivity contribution in [1.29, 1.82) is 0 Å². The molecule has 0 unspecified atom stereocenters. The quantitative estimate of drug-likeness (QED) is 0.442. The van der Waals surface area contributed by atoms with Crippen molar-refractivity contribution in [1.82, 2.24) is 9.21 Å². The minimum Gasteiger partial charge on any atom is -0.336 e. The summed E-state index contributed by atoms with van der Waals surface area (Å²) in [5, 5.41) is 0.718. The number of sulfonamides is 1. The van der Waals surface area contributed by atoms with Gasteiger partial charge in [0.1, 0.15) is 0 Å². The molecule has 1 heterocycles. The number of aryl methyl sites for hydroxylation is 1. The molecule has 0 aliphatic carbocycles. The van der Waals surface area contributed by atoms with E-state index >= 15 is 0 Å². The van der Waals surface area contributed by atoms with Gasteiger partial charge in [-0.05, 0) is 61.0 Å². The van der Waals surface area contributed by atoms with E-state index in [4.69, 9.17) is 11.6 Å². The fourth-order valence-corrected chi connectivity index (χ4v) is 6.02. The van der Waals surface area contributed by atoms with Gasteiger partial charge in [0.25, 0.3) is 5.91 Å². The number of hydrogen-bond acceptors (Lipinski definition) is 4. The summed E-state index contributed by atoms with van der Waals surface area (Å²) in [5.74, 6) is 0.727. The van der Waals surface area contributed by atoms with E-state index in [0.717, 1.165) is 26.8 Å². The number of hydrogen-bond donors (Lipinski definition) is 0. The van der Waals surface area contributed by atoms with E-state index in [9.17, 15) is 13.2 Å². The maximum absolute atomic E-state index is 12.9. The van der Waals surface area contributed by atoms with E-state index in [2.05, 4.69) is 0 Å². The van der Waals surface area contributed by atoms with E-state index < -0.39 is 10.0 Å². The Labute approximate surface area is 204 Å². The van der Waals surface area contributed by atoms with Crippen LogP contribution in [0.1, 0.15) is 21.5 Å². The molecule has 3 aromatic carbocycles. The first-order valence-corrected chi connectivity index (χ1v) is 13.5. The van der Waals surface area contributed by atoms with E-state index in [0.29, 0.717) is 23.5 Å². The van der Waals surface area contributed by atoms with Gasteiger partial charge in [-0.1, -0.05) is 41.4 Å². The third-order valence-corrected chi connectivity index (χ3v) is 8.85. The standard InChI is InChI=1S/C25H25ClN2O3S2/c1-19-2-12-24(13-3-19)33(30,31)28-16-14-27(15-17-28)25(29)21-6-4-20(5-7-21)18-32-23-10-8-22(26)9-11-23/h2-13H,14-18H2,1H3. The number of amides is 1. The number of carbonyl (C=O) groups is 1. The molecule has 0 N–H and O–H groups in total. The van der Waals surface area contributed by atoms with E-state index in [1.807, 2.05) is 55.5 Å². The summed E-state index contributed by atoms with van der Waals surface area (Å²) >= 11 is 7.64. The zero-order valence-electron chi connectivity index (χ0n) is 18.3. The Hall–Kier alpha value is -2.32. The topological polar surface area (TPSA) is 57.7 Å². The molecular weight excluding hydrogens is 476 g/mol. The molecule has 0 spiro atoms. The predicted molar refractivity (Wildman–Crippen MR) is 133 cm³/mol. The molecule has 0 saturated carbocycles. The van der Waals surface area contributed by atoms with Crippen molar-refractivity contribution in [3.63, 3.8) is 0 Å². The summed E-state index contributed by atoms with van der Waals surface area (Å²) in [6, 6.07) is 22.2. The molecule has 33 heavy (non-hydrogen) atoms. The number of nitrogens with zero attached hydrogens (tertiary/aromatic N) is 2. The van der Waals surface area contributed by atoms with Crippen molar-refractivity contribution in [2.75, 3.05) is 26.2 Å². The zero-order chi connectivity index (χ0) is 23.4. The van der Waals surface area contributed by atoms with Crippen molar-refractivity contribution in [3.05, 3.63) is 94.5 Å². The second-order valence-electron chi connectivity index (χ2n) is 7.95. The molecule has 0 aromatic heterocycles. The lowest BCUT2D eigenvalue weighted by atomic mass is 10.1. The van der Waals surface area contributed by atoms with Gasteiger partial charge in [-0.15, -0.1) is 11.8 Å². The summed E-state index contributed by atoms with van der Waals surface area (Å²) in [4.78, 5) is 16.1. The van der Waals surface area contributed by atoms with Crippen LogP contribution in [0.3, 0.4) is 0 Å². The van der Waals surface area contributed by atoms with E-state index in [-0.39, 0.29) is 19.0 Å². The molecule has 8 heteroatoms. The first-order valence-electron chi connectivity index (χ1n) is 10.7. The number of piperazine rings is 1.